The van der Waals surface area contributed by atoms with Gasteiger partial charge in [-0.05, 0) is 59.7 Å². The lowest BCUT2D eigenvalue weighted by molar-refractivity contribution is 1.03. The van der Waals surface area contributed by atoms with Crippen LogP contribution in [0.4, 0.5) is 0 Å². The van der Waals surface area contributed by atoms with Crippen LogP contribution in [0.5, 0.6) is 0 Å². The highest BCUT2D eigenvalue weighted by Gasteiger charge is 2.28. The number of rotatable bonds is 4. The largest absolute Gasteiger partial charge is 0.295 e. The predicted octanol–water partition coefficient (Wildman–Crippen LogP) is 12.1. The Balaban J connectivity index is 1.18. The Morgan fingerprint density at radius 1 is 0.431 bits per heavy atom. The van der Waals surface area contributed by atoms with Crippen LogP contribution in [0.3, 0.4) is 0 Å². The van der Waals surface area contributed by atoms with E-state index in [1.165, 1.54) is 53.8 Å². The van der Waals surface area contributed by atoms with Crippen molar-refractivity contribution in [3.05, 3.63) is 170 Å². The van der Waals surface area contributed by atoms with Crippen LogP contribution >= 0.6 is 11.8 Å². The predicted molar refractivity (Wildman–Crippen MR) is 211 cm³/mol. The molecule has 7 aromatic carbocycles. The average molecular weight is 669 g/mol. The zero-order chi connectivity index (χ0) is 33.5. The number of aromatic nitrogens is 4. The second-order valence-corrected chi connectivity index (χ2v) is 14.1. The zero-order valence-electron chi connectivity index (χ0n) is 27.4. The maximum absolute atomic E-state index is 5.31. The molecule has 238 valence electrons. The third-order valence-electron chi connectivity index (χ3n) is 10.1. The Labute approximate surface area is 298 Å². The van der Waals surface area contributed by atoms with Crippen LogP contribution in [0, 0.1) is 0 Å². The Bertz CT molecular complexity index is 2980. The Morgan fingerprint density at radius 2 is 1.04 bits per heavy atom. The van der Waals surface area contributed by atoms with Gasteiger partial charge in [0.2, 0.25) is 0 Å². The molecule has 10 aromatic rings. The first-order valence-electron chi connectivity index (χ1n) is 17.2. The first-order valence-corrected chi connectivity index (χ1v) is 18.0. The van der Waals surface area contributed by atoms with E-state index >= 15 is 0 Å². The fourth-order valence-corrected chi connectivity index (χ4v) is 8.89. The fourth-order valence-electron chi connectivity index (χ4n) is 7.82. The molecule has 0 aliphatic carbocycles. The molecule has 4 nitrogen and oxygen atoms in total. The summed E-state index contributed by atoms with van der Waals surface area (Å²) in [5.41, 5.74) is 13.8. The summed E-state index contributed by atoms with van der Waals surface area (Å²) in [6.07, 6.45) is 0. The molecule has 5 heteroatoms. The van der Waals surface area contributed by atoms with Crippen LogP contribution in [0.2, 0.25) is 0 Å². The molecule has 0 saturated heterocycles. The van der Waals surface area contributed by atoms with Crippen molar-refractivity contribution in [1.82, 2.24) is 19.1 Å². The normalized spacial score (nSPS) is 12.2. The van der Waals surface area contributed by atoms with Gasteiger partial charge in [-0.3, -0.25) is 9.13 Å². The van der Waals surface area contributed by atoms with Crippen molar-refractivity contribution >= 4 is 55.6 Å². The number of fused-ring (bicyclic) bond motifs is 8. The summed E-state index contributed by atoms with van der Waals surface area (Å²) in [7, 11) is 0. The number of para-hydroxylation sites is 5. The van der Waals surface area contributed by atoms with E-state index in [0.717, 1.165) is 44.9 Å². The topological polar surface area (TPSA) is 35.6 Å². The van der Waals surface area contributed by atoms with Gasteiger partial charge in [-0.2, -0.15) is 0 Å². The third-order valence-corrected chi connectivity index (χ3v) is 11.2. The SMILES string of the molecule is c1ccc(-c2ccc(-c3nc4ccccc4nc3-c3ccc4c(c3)-n3c5c(cccc5c5c6ccccc6n(-c6ccccc6)c53)S4)cc2)cc1. The number of hydrogen-bond donors (Lipinski definition) is 0. The third kappa shape index (κ3) is 4.28. The Kier molecular flexibility index (Phi) is 6.15. The van der Waals surface area contributed by atoms with Crippen molar-refractivity contribution in [2.24, 2.45) is 0 Å². The van der Waals surface area contributed by atoms with Crippen molar-refractivity contribution < 1.29 is 0 Å². The lowest BCUT2D eigenvalue weighted by atomic mass is 9.99. The van der Waals surface area contributed by atoms with E-state index in [2.05, 4.69) is 161 Å². The highest BCUT2D eigenvalue weighted by atomic mass is 32.2. The van der Waals surface area contributed by atoms with Crippen molar-refractivity contribution in [2.45, 2.75) is 9.79 Å². The monoisotopic (exact) mass is 668 g/mol. The molecule has 0 spiro atoms. The molecular weight excluding hydrogens is 641 g/mol. The highest BCUT2D eigenvalue weighted by Crippen LogP contribution is 2.50. The van der Waals surface area contributed by atoms with Crippen molar-refractivity contribution in [3.63, 3.8) is 0 Å². The van der Waals surface area contributed by atoms with Gasteiger partial charge in [-0.25, -0.2) is 9.97 Å². The molecule has 4 heterocycles. The van der Waals surface area contributed by atoms with Gasteiger partial charge in [-0.15, -0.1) is 0 Å². The molecule has 3 aromatic heterocycles. The summed E-state index contributed by atoms with van der Waals surface area (Å²) in [6, 6.07) is 60.4. The van der Waals surface area contributed by atoms with Crippen LogP contribution in [-0.2, 0) is 0 Å². The summed E-state index contributed by atoms with van der Waals surface area (Å²) in [6.45, 7) is 0. The number of hydrogen-bond acceptors (Lipinski definition) is 3. The zero-order valence-corrected chi connectivity index (χ0v) is 28.2. The van der Waals surface area contributed by atoms with Gasteiger partial charge in [0.05, 0.1) is 39.1 Å². The maximum Gasteiger partial charge on any atom is 0.131 e. The standard InChI is InChI=1S/C46H28N4S/c1-3-12-29(13-4-1)30-22-24-31(25-23-30)43-44(48-37-19-9-8-18-36(37)47-43)32-26-27-40-39(28-32)50-45-35(17-11-21-41(45)51-40)42-34-16-7-10-20-38(34)49(46(42)50)33-14-5-2-6-15-33/h1-28H. The lowest BCUT2D eigenvalue weighted by Gasteiger charge is -2.22. The second-order valence-electron chi connectivity index (χ2n) is 13.0. The molecule has 1 aliphatic rings. The van der Waals surface area contributed by atoms with Crippen LogP contribution < -0.4 is 0 Å². The first kappa shape index (κ1) is 28.4. The molecule has 11 rings (SSSR count). The van der Waals surface area contributed by atoms with Crippen LogP contribution in [-0.4, -0.2) is 19.1 Å². The van der Waals surface area contributed by atoms with E-state index in [9.17, 15) is 0 Å². The van der Waals surface area contributed by atoms with Gasteiger partial charge in [0, 0.05) is 42.8 Å². The average Bonchev–Trinajstić information content (AvgIpc) is 3.72. The van der Waals surface area contributed by atoms with Crippen LogP contribution in [0.1, 0.15) is 0 Å². The Morgan fingerprint density at radius 3 is 1.82 bits per heavy atom. The number of benzene rings is 7. The quantitative estimate of drug-likeness (QED) is 0.187. The van der Waals surface area contributed by atoms with Gasteiger partial charge >= 0.3 is 0 Å². The smallest absolute Gasteiger partial charge is 0.131 e. The minimum atomic E-state index is 0.871. The van der Waals surface area contributed by atoms with Crippen LogP contribution in [0.25, 0.3) is 88.9 Å². The molecule has 0 bridgehead atoms. The second kappa shape index (κ2) is 11.0. The summed E-state index contributed by atoms with van der Waals surface area (Å²) in [5, 5.41) is 3.79. The first-order chi connectivity index (χ1) is 25.3. The summed E-state index contributed by atoms with van der Waals surface area (Å²) < 4.78 is 4.92. The molecule has 1 aliphatic heterocycles. The highest BCUT2D eigenvalue weighted by molar-refractivity contribution is 7.99. The van der Waals surface area contributed by atoms with Gasteiger partial charge in [0.15, 0.2) is 0 Å². The van der Waals surface area contributed by atoms with Crippen molar-refractivity contribution in [2.75, 3.05) is 0 Å². The number of nitrogens with zero attached hydrogens (tertiary/aromatic N) is 4. The molecule has 0 radical (unpaired) electrons. The molecule has 0 unspecified atom stereocenters. The maximum atomic E-state index is 5.31. The van der Waals surface area contributed by atoms with E-state index in [0.29, 0.717) is 0 Å². The summed E-state index contributed by atoms with van der Waals surface area (Å²) in [5.74, 6) is 0. The van der Waals surface area contributed by atoms with Gasteiger partial charge < -0.3 is 0 Å². The van der Waals surface area contributed by atoms with Crippen molar-refractivity contribution in [1.29, 1.82) is 0 Å². The van der Waals surface area contributed by atoms with Gasteiger partial charge in [-0.1, -0.05) is 133 Å². The minimum Gasteiger partial charge on any atom is -0.295 e. The van der Waals surface area contributed by atoms with E-state index in [4.69, 9.17) is 9.97 Å². The summed E-state index contributed by atoms with van der Waals surface area (Å²) >= 11 is 1.84. The molecular formula is C46H28N4S. The Hall–Kier alpha value is -6.43. The molecule has 0 atom stereocenters. The lowest BCUT2D eigenvalue weighted by Crippen LogP contribution is -2.06. The molecule has 51 heavy (non-hydrogen) atoms. The van der Waals surface area contributed by atoms with E-state index in [-0.39, 0.29) is 0 Å². The van der Waals surface area contributed by atoms with E-state index < -0.39 is 0 Å². The van der Waals surface area contributed by atoms with Gasteiger partial charge in [0.1, 0.15) is 5.65 Å². The van der Waals surface area contributed by atoms with E-state index in [1.54, 1.807) is 0 Å². The minimum absolute atomic E-state index is 0.871. The molecule has 0 N–H and O–H groups in total. The molecule has 0 amide bonds. The molecule has 0 fully saturated rings. The fraction of sp³-hybridized carbons (Fsp3) is 0. The van der Waals surface area contributed by atoms with E-state index in [1.807, 2.05) is 30.0 Å². The van der Waals surface area contributed by atoms with Gasteiger partial charge in [0.25, 0.3) is 0 Å². The van der Waals surface area contributed by atoms with Crippen LogP contribution in [0.15, 0.2) is 180 Å². The van der Waals surface area contributed by atoms with Crippen molar-refractivity contribution in [3.8, 4) is 45.0 Å². The summed E-state index contributed by atoms with van der Waals surface area (Å²) in [4.78, 5) is 13.0. The molecule has 0 saturated carbocycles.